The molecule has 0 spiro atoms. The van der Waals surface area contributed by atoms with Gasteiger partial charge in [0.05, 0.1) is 4.90 Å². The molecule has 7 nitrogen and oxygen atoms in total. The van der Waals surface area contributed by atoms with Crippen molar-refractivity contribution in [3.8, 4) is 17.6 Å². The van der Waals surface area contributed by atoms with Crippen molar-refractivity contribution in [1.29, 1.82) is 0 Å². The molecule has 0 unspecified atom stereocenters. The van der Waals surface area contributed by atoms with Gasteiger partial charge in [0.1, 0.15) is 18.4 Å². The molecule has 9 heteroatoms. The first kappa shape index (κ1) is 21.6. The summed E-state index contributed by atoms with van der Waals surface area (Å²) in [6.07, 6.45) is 0. The number of ether oxygens (including phenoxy) is 1. The fraction of sp³-hybridized carbons (Fsp3) is 0.500. The van der Waals surface area contributed by atoms with E-state index in [0.717, 1.165) is 0 Å². The van der Waals surface area contributed by atoms with Crippen molar-refractivity contribution in [3.63, 3.8) is 0 Å². The summed E-state index contributed by atoms with van der Waals surface area (Å²) in [6, 6.07) is 4.54. The number of thioether (sulfide) groups is 1. The maximum Gasteiger partial charge on any atom is 0.263 e. The zero-order valence-electron chi connectivity index (χ0n) is 15.7. The third-order valence-corrected chi connectivity index (χ3v) is 7.90. The molecule has 0 saturated carbocycles. The largest absolute Gasteiger partial charge is 0.481 e. The number of nitrogens with zero attached hydrogens (tertiary/aromatic N) is 1. The maximum atomic E-state index is 13.3. The van der Waals surface area contributed by atoms with Crippen molar-refractivity contribution < 1.29 is 23.2 Å². The van der Waals surface area contributed by atoms with Gasteiger partial charge in [0.25, 0.3) is 5.91 Å². The fourth-order valence-electron chi connectivity index (χ4n) is 2.94. The molecule has 0 radical (unpaired) electrons. The van der Waals surface area contributed by atoms with Crippen LogP contribution in [0.4, 0.5) is 0 Å². The van der Waals surface area contributed by atoms with Crippen LogP contribution in [-0.2, 0) is 14.8 Å². The van der Waals surface area contributed by atoms with Gasteiger partial charge in [-0.15, -0.1) is 5.92 Å². The van der Waals surface area contributed by atoms with E-state index in [1.807, 2.05) is 0 Å². The minimum Gasteiger partial charge on any atom is -0.481 e. The highest BCUT2D eigenvalue weighted by Crippen LogP contribution is 2.41. The van der Waals surface area contributed by atoms with Crippen LogP contribution >= 0.6 is 11.8 Å². The Morgan fingerprint density at radius 1 is 1.41 bits per heavy atom. The summed E-state index contributed by atoms with van der Waals surface area (Å²) in [6.45, 7) is 7.25. The van der Waals surface area contributed by atoms with Gasteiger partial charge < -0.3 is 4.74 Å². The molecule has 1 saturated heterocycles. The number of benzene rings is 1. The first-order valence-electron chi connectivity index (χ1n) is 8.39. The van der Waals surface area contributed by atoms with Crippen LogP contribution < -0.4 is 10.2 Å². The highest BCUT2D eigenvalue weighted by molar-refractivity contribution is 8.01. The molecule has 0 bridgehead atoms. The van der Waals surface area contributed by atoms with E-state index in [4.69, 9.17) is 9.94 Å². The number of amides is 1. The molecule has 0 aromatic heterocycles. The smallest absolute Gasteiger partial charge is 0.263 e. The van der Waals surface area contributed by atoms with Gasteiger partial charge in [-0.1, -0.05) is 5.92 Å². The average molecular weight is 413 g/mol. The number of hydrogen-bond donors (Lipinski definition) is 2. The van der Waals surface area contributed by atoms with Gasteiger partial charge in [-0.3, -0.25) is 10.0 Å². The van der Waals surface area contributed by atoms with Gasteiger partial charge in [0, 0.05) is 16.5 Å². The molecule has 2 N–H and O–H groups in total. The van der Waals surface area contributed by atoms with Crippen molar-refractivity contribution in [2.45, 2.75) is 49.4 Å². The van der Waals surface area contributed by atoms with Crippen LogP contribution in [0.1, 0.15) is 27.7 Å². The highest BCUT2D eigenvalue weighted by atomic mass is 32.2. The molecule has 27 heavy (non-hydrogen) atoms. The Bertz CT molecular complexity index is 841. The number of nitrogens with one attached hydrogen (secondary N) is 1. The minimum atomic E-state index is -3.96. The van der Waals surface area contributed by atoms with E-state index in [-0.39, 0.29) is 11.5 Å². The zero-order chi connectivity index (χ0) is 20.2. The van der Waals surface area contributed by atoms with Crippen molar-refractivity contribution in [2.75, 3.05) is 12.4 Å². The molecule has 1 aliphatic heterocycles. The topological polar surface area (TPSA) is 95.9 Å². The van der Waals surface area contributed by atoms with Gasteiger partial charge in [-0.25, -0.2) is 13.9 Å². The molecule has 2 rings (SSSR count). The zero-order valence-corrected chi connectivity index (χ0v) is 17.4. The van der Waals surface area contributed by atoms with Gasteiger partial charge >= 0.3 is 0 Å². The van der Waals surface area contributed by atoms with Gasteiger partial charge in [0.2, 0.25) is 10.0 Å². The van der Waals surface area contributed by atoms with Crippen LogP contribution in [0.5, 0.6) is 5.75 Å². The van der Waals surface area contributed by atoms with Gasteiger partial charge in [0.15, 0.2) is 0 Å². The molecule has 1 aliphatic rings. The number of rotatable bonds is 5. The first-order valence-corrected chi connectivity index (χ1v) is 10.8. The Balaban J connectivity index is 2.39. The Labute approximate surface area is 164 Å². The Kier molecular flexibility index (Phi) is 6.81. The highest BCUT2D eigenvalue weighted by Gasteiger charge is 2.51. The van der Waals surface area contributed by atoms with Crippen LogP contribution in [0.3, 0.4) is 0 Å². The number of sulfonamides is 1. The number of hydroxylamine groups is 1. The second-order valence-corrected chi connectivity index (χ2v) is 10.2. The molecule has 1 amide bonds. The molecule has 1 heterocycles. The summed E-state index contributed by atoms with van der Waals surface area (Å²) in [7, 11) is -3.96. The minimum absolute atomic E-state index is 0.0571. The summed E-state index contributed by atoms with van der Waals surface area (Å²) in [5.41, 5.74) is 1.61. The molecule has 1 aromatic rings. The summed E-state index contributed by atoms with van der Waals surface area (Å²) in [5.74, 6) is 5.77. The van der Waals surface area contributed by atoms with Crippen LogP contribution in [-0.4, -0.2) is 53.0 Å². The number of carbonyl (C=O) groups excluding carboxylic acids is 1. The normalized spacial score (nSPS) is 22.4. The van der Waals surface area contributed by atoms with Crippen molar-refractivity contribution >= 4 is 27.7 Å². The first-order chi connectivity index (χ1) is 12.6. The lowest BCUT2D eigenvalue weighted by atomic mass is 10.0. The maximum absolute atomic E-state index is 13.3. The Morgan fingerprint density at radius 2 is 2.04 bits per heavy atom. The van der Waals surface area contributed by atoms with E-state index in [2.05, 4.69) is 11.8 Å². The molecule has 0 aliphatic carbocycles. The number of hydrogen-bond acceptors (Lipinski definition) is 6. The standard InChI is InChI=1S/C18H24N2O5S2/c1-5-6-11-25-14-7-9-15(10-8-14)27(23,24)20-13(2)12-26-18(3,4)16(20)17(21)19-22/h7-10,13,16,22H,11-12H2,1-4H3,(H,19,21)/t13-,16-/m0/s1. The van der Waals surface area contributed by atoms with Crippen LogP contribution in [0.15, 0.2) is 29.2 Å². The second kappa shape index (κ2) is 8.52. The average Bonchev–Trinajstić information content (AvgIpc) is 2.63. The predicted molar refractivity (Wildman–Crippen MR) is 104 cm³/mol. The van der Waals surface area contributed by atoms with E-state index in [1.165, 1.54) is 28.2 Å². The van der Waals surface area contributed by atoms with E-state index in [1.54, 1.807) is 45.3 Å². The van der Waals surface area contributed by atoms with E-state index < -0.39 is 32.8 Å². The molecule has 2 atom stereocenters. The summed E-state index contributed by atoms with van der Waals surface area (Å²) in [5, 5.41) is 9.14. The molecular weight excluding hydrogens is 388 g/mol. The molecule has 1 fully saturated rings. The lowest BCUT2D eigenvalue weighted by Crippen LogP contribution is -2.63. The van der Waals surface area contributed by atoms with Crippen LogP contribution in [0.25, 0.3) is 0 Å². The quantitative estimate of drug-likeness (QED) is 0.435. The molecular formula is C18H24N2O5S2. The van der Waals surface area contributed by atoms with E-state index >= 15 is 0 Å². The van der Waals surface area contributed by atoms with Gasteiger partial charge in [-0.05, 0) is 52.0 Å². The lowest BCUT2D eigenvalue weighted by molar-refractivity contribution is -0.134. The van der Waals surface area contributed by atoms with E-state index in [0.29, 0.717) is 11.5 Å². The SMILES string of the molecule is CC#CCOc1ccc(S(=O)(=O)N2[C@@H](C(=O)NO)C(C)(C)SC[C@@H]2C)cc1. The second-order valence-electron chi connectivity index (χ2n) is 6.66. The predicted octanol–water partition coefficient (Wildman–Crippen LogP) is 1.87. The third-order valence-electron chi connectivity index (χ3n) is 4.29. The lowest BCUT2D eigenvalue weighted by Gasteiger charge is -2.46. The Morgan fingerprint density at radius 3 is 2.59 bits per heavy atom. The van der Waals surface area contributed by atoms with E-state index in [9.17, 15) is 13.2 Å². The van der Waals surface area contributed by atoms with Crippen LogP contribution in [0, 0.1) is 11.8 Å². The fourth-order valence-corrected chi connectivity index (χ4v) is 6.22. The summed E-state index contributed by atoms with van der Waals surface area (Å²) >= 11 is 1.50. The third kappa shape index (κ3) is 4.58. The van der Waals surface area contributed by atoms with Crippen LogP contribution in [0.2, 0.25) is 0 Å². The van der Waals surface area contributed by atoms with Crippen molar-refractivity contribution in [2.24, 2.45) is 0 Å². The Hall–Kier alpha value is -1.73. The van der Waals surface area contributed by atoms with Gasteiger partial charge in [-0.2, -0.15) is 16.1 Å². The number of carbonyl (C=O) groups is 1. The summed E-state index contributed by atoms with van der Waals surface area (Å²) in [4.78, 5) is 12.4. The molecule has 148 valence electrons. The monoisotopic (exact) mass is 412 g/mol. The van der Waals surface area contributed by atoms with Crippen molar-refractivity contribution in [1.82, 2.24) is 9.79 Å². The van der Waals surface area contributed by atoms with Crippen molar-refractivity contribution in [3.05, 3.63) is 24.3 Å². The molecule has 1 aromatic carbocycles. The summed E-state index contributed by atoms with van der Waals surface area (Å²) < 4.78 is 32.5.